The highest BCUT2D eigenvalue weighted by molar-refractivity contribution is 5.87. The molecule has 0 saturated heterocycles. The number of rotatable bonds is 9. The number of benzene rings is 1. The van der Waals surface area contributed by atoms with Gasteiger partial charge in [-0.2, -0.15) is 0 Å². The SMILES string of the molecule is C=CCOC(=O)C=Cc1ccc(OCCCCC)cc1. The molecule has 0 unspecified atom stereocenters. The molecule has 0 aliphatic heterocycles. The predicted octanol–water partition coefficient (Wildman–Crippen LogP) is 4.00. The molecule has 0 N–H and O–H groups in total. The first-order valence-electron chi connectivity index (χ1n) is 6.95. The fourth-order valence-corrected chi connectivity index (χ4v) is 1.57. The minimum atomic E-state index is -0.371. The second-order valence-corrected chi connectivity index (χ2v) is 4.38. The first-order valence-corrected chi connectivity index (χ1v) is 6.95. The van der Waals surface area contributed by atoms with Gasteiger partial charge in [0.15, 0.2) is 0 Å². The first-order chi connectivity index (χ1) is 9.76. The summed E-state index contributed by atoms with van der Waals surface area (Å²) in [7, 11) is 0. The number of hydrogen-bond donors (Lipinski definition) is 0. The molecule has 0 aliphatic rings. The Morgan fingerprint density at radius 2 is 2.00 bits per heavy atom. The van der Waals surface area contributed by atoms with Crippen LogP contribution in [0.15, 0.2) is 43.0 Å². The van der Waals surface area contributed by atoms with Gasteiger partial charge in [-0.15, -0.1) is 0 Å². The van der Waals surface area contributed by atoms with Gasteiger partial charge in [0, 0.05) is 6.08 Å². The van der Waals surface area contributed by atoms with Crippen molar-refractivity contribution in [2.24, 2.45) is 0 Å². The summed E-state index contributed by atoms with van der Waals surface area (Å²) in [5.74, 6) is 0.484. The van der Waals surface area contributed by atoms with E-state index in [2.05, 4.69) is 13.5 Å². The summed E-state index contributed by atoms with van der Waals surface area (Å²) < 4.78 is 10.5. The lowest BCUT2D eigenvalue weighted by Crippen LogP contribution is -1.99. The fourth-order valence-electron chi connectivity index (χ4n) is 1.57. The number of esters is 1. The van der Waals surface area contributed by atoms with Crippen molar-refractivity contribution in [2.45, 2.75) is 26.2 Å². The molecular formula is C17H22O3. The van der Waals surface area contributed by atoms with E-state index in [9.17, 15) is 4.79 Å². The van der Waals surface area contributed by atoms with Gasteiger partial charge >= 0.3 is 5.97 Å². The summed E-state index contributed by atoms with van der Waals surface area (Å²) in [5, 5.41) is 0. The van der Waals surface area contributed by atoms with Gasteiger partial charge in [0.05, 0.1) is 6.61 Å². The lowest BCUT2D eigenvalue weighted by molar-refractivity contribution is -0.136. The second kappa shape index (κ2) is 9.84. The summed E-state index contributed by atoms with van der Waals surface area (Å²) in [6, 6.07) is 7.63. The molecule has 0 radical (unpaired) electrons. The van der Waals surface area contributed by atoms with E-state index in [4.69, 9.17) is 9.47 Å². The van der Waals surface area contributed by atoms with E-state index in [1.165, 1.54) is 25.0 Å². The van der Waals surface area contributed by atoms with Crippen LogP contribution in [0.25, 0.3) is 6.08 Å². The maximum Gasteiger partial charge on any atom is 0.331 e. The van der Waals surface area contributed by atoms with E-state index >= 15 is 0 Å². The summed E-state index contributed by atoms with van der Waals surface area (Å²) in [4.78, 5) is 11.3. The third-order valence-electron chi connectivity index (χ3n) is 2.65. The van der Waals surface area contributed by atoms with Crippen LogP contribution in [0.5, 0.6) is 5.75 Å². The van der Waals surface area contributed by atoms with Crippen molar-refractivity contribution < 1.29 is 14.3 Å². The molecule has 0 aliphatic carbocycles. The van der Waals surface area contributed by atoms with Crippen molar-refractivity contribution in [1.29, 1.82) is 0 Å². The Morgan fingerprint density at radius 1 is 1.25 bits per heavy atom. The first kappa shape index (κ1) is 16.0. The quantitative estimate of drug-likeness (QED) is 0.295. The molecule has 0 bridgehead atoms. The molecule has 1 aromatic carbocycles. The summed E-state index contributed by atoms with van der Waals surface area (Å²) in [5.41, 5.74) is 0.932. The van der Waals surface area contributed by atoms with Gasteiger partial charge in [0.1, 0.15) is 12.4 Å². The van der Waals surface area contributed by atoms with Crippen LogP contribution < -0.4 is 4.74 Å². The van der Waals surface area contributed by atoms with E-state index in [1.807, 2.05) is 24.3 Å². The Balaban J connectivity index is 2.39. The molecule has 0 saturated carbocycles. The molecule has 20 heavy (non-hydrogen) atoms. The summed E-state index contributed by atoms with van der Waals surface area (Å²) in [6.07, 6.45) is 8.11. The average Bonchev–Trinajstić information content (AvgIpc) is 2.48. The van der Waals surface area contributed by atoms with Crippen LogP contribution in [0.4, 0.5) is 0 Å². The van der Waals surface area contributed by atoms with Gasteiger partial charge in [-0.05, 0) is 30.2 Å². The van der Waals surface area contributed by atoms with Gasteiger partial charge < -0.3 is 9.47 Å². The van der Waals surface area contributed by atoms with E-state index in [1.54, 1.807) is 6.08 Å². The Kier molecular flexibility index (Phi) is 7.89. The molecule has 0 aromatic heterocycles. The highest BCUT2D eigenvalue weighted by Crippen LogP contribution is 2.13. The minimum absolute atomic E-state index is 0.230. The monoisotopic (exact) mass is 274 g/mol. The van der Waals surface area contributed by atoms with Crippen LogP contribution in [0.3, 0.4) is 0 Å². The molecule has 3 nitrogen and oxygen atoms in total. The minimum Gasteiger partial charge on any atom is -0.494 e. The summed E-state index contributed by atoms with van der Waals surface area (Å²) >= 11 is 0. The van der Waals surface area contributed by atoms with Crippen molar-refractivity contribution in [2.75, 3.05) is 13.2 Å². The molecule has 1 aromatic rings. The topological polar surface area (TPSA) is 35.5 Å². The zero-order valence-electron chi connectivity index (χ0n) is 12.0. The Morgan fingerprint density at radius 3 is 2.65 bits per heavy atom. The van der Waals surface area contributed by atoms with Crippen LogP contribution in [-0.4, -0.2) is 19.2 Å². The predicted molar refractivity (Wildman–Crippen MR) is 81.7 cm³/mol. The molecule has 0 spiro atoms. The van der Waals surface area contributed by atoms with Crippen molar-refractivity contribution in [3.63, 3.8) is 0 Å². The maximum absolute atomic E-state index is 11.3. The number of hydrogen-bond acceptors (Lipinski definition) is 3. The maximum atomic E-state index is 11.3. The molecule has 108 valence electrons. The molecule has 1 rings (SSSR count). The van der Waals surface area contributed by atoms with Crippen LogP contribution in [0.2, 0.25) is 0 Å². The number of unbranched alkanes of at least 4 members (excludes halogenated alkanes) is 2. The largest absolute Gasteiger partial charge is 0.494 e. The van der Waals surface area contributed by atoms with E-state index in [0.29, 0.717) is 0 Å². The molecule has 0 heterocycles. The lowest BCUT2D eigenvalue weighted by Gasteiger charge is -2.05. The van der Waals surface area contributed by atoms with Crippen molar-refractivity contribution in [1.82, 2.24) is 0 Å². The van der Waals surface area contributed by atoms with Crippen molar-refractivity contribution in [3.05, 3.63) is 48.6 Å². The van der Waals surface area contributed by atoms with Crippen LogP contribution in [0.1, 0.15) is 31.7 Å². The van der Waals surface area contributed by atoms with Gasteiger partial charge in [-0.3, -0.25) is 0 Å². The fraction of sp³-hybridized carbons (Fsp3) is 0.353. The van der Waals surface area contributed by atoms with Crippen LogP contribution in [0, 0.1) is 0 Å². The zero-order chi connectivity index (χ0) is 14.6. The van der Waals surface area contributed by atoms with E-state index in [0.717, 1.165) is 24.3 Å². The van der Waals surface area contributed by atoms with Crippen molar-refractivity contribution in [3.8, 4) is 5.75 Å². The number of ether oxygens (including phenoxy) is 2. The molecule has 3 heteroatoms. The lowest BCUT2D eigenvalue weighted by atomic mass is 10.2. The molecule has 0 atom stereocenters. The van der Waals surface area contributed by atoms with Gasteiger partial charge in [0.2, 0.25) is 0 Å². The Labute approximate surface area is 120 Å². The molecule has 0 amide bonds. The van der Waals surface area contributed by atoms with E-state index < -0.39 is 0 Å². The summed E-state index contributed by atoms with van der Waals surface area (Å²) in [6.45, 7) is 6.63. The molecular weight excluding hydrogens is 252 g/mol. The third-order valence-corrected chi connectivity index (χ3v) is 2.65. The van der Waals surface area contributed by atoms with Crippen LogP contribution in [-0.2, 0) is 9.53 Å². The number of carbonyl (C=O) groups is 1. The van der Waals surface area contributed by atoms with Crippen molar-refractivity contribution >= 4 is 12.0 Å². The van der Waals surface area contributed by atoms with E-state index in [-0.39, 0.29) is 12.6 Å². The highest BCUT2D eigenvalue weighted by atomic mass is 16.5. The Bertz CT molecular complexity index is 432. The zero-order valence-corrected chi connectivity index (χ0v) is 12.0. The Hall–Kier alpha value is -2.03. The standard InChI is InChI=1S/C17H22O3/c1-3-5-6-14-19-16-10-7-15(8-11-16)9-12-17(18)20-13-4-2/h4,7-12H,2-3,5-6,13-14H2,1H3. The second-order valence-electron chi connectivity index (χ2n) is 4.38. The molecule has 0 fully saturated rings. The van der Waals surface area contributed by atoms with Gasteiger partial charge in [0.25, 0.3) is 0 Å². The van der Waals surface area contributed by atoms with Crippen LogP contribution >= 0.6 is 0 Å². The van der Waals surface area contributed by atoms with Gasteiger partial charge in [-0.25, -0.2) is 4.79 Å². The van der Waals surface area contributed by atoms with Gasteiger partial charge in [-0.1, -0.05) is 44.6 Å². The average molecular weight is 274 g/mol. The highest BCUT2D eigenvalue weighted by Gasteiger charge is 1.96. The smallest absolute Gasteiger partial charge is 0.331 e. The normalized spacial score (nSPS) is 10.4. The number of carbonyl (C=O) groups excluding carboxylic acids is 1. The third kappa shape index (κ3) is 6.78.